The van der Waals surface area contributed by atoms with Gasteiger partial charge in [-0.05, 0) is 24.7 Å². The second kappa shape index (κ2) is 4.49. The number of rotatable bonds is 6. The number of carbonyl (C=O) groups is 1. The SMILES string of the molecule is CCC1(Cn2ccnc2SCC(=O)O)CC1. The third-order valence-corrected chi connectivity index (χ3v) is 4.20. The summed E-state index contributed by atoms with van der Waals surface area (Å²) in [5.74, 6) is -0.716. The molecule has 1 aliphatic rings. The minimum absolute atomic E-state index is 0.0795. The summed E-state index contributed by atoms with van der Waals surface area (Å²) in [6, 6.07) is 0. The summed E-state index contributed by atoms with van der Waals surface area (Å²) in [4.78, 5) is 14.7. The molecule has 2 rings (SSSR count). The summed E-state index contributed by atoms with van der Waals surface area (Å²) in [6.45, 7) is 3.19. The third kappa shape index (κ3) is 2.58. The minimum Gasteiger partial charge on any atom is -0.481 e. The Kier molecular flexibility index (Phi) is 3.23. The Balaban J connectivity index is 1.99. The van der Waals surface area contributed by atoms with Crippen LogP contribution in [0.15, 0.2) is 17.6 Å². The zero-order valence-corrected chi connectivity index (χ0v) is 10.2. The molecule has 0 saturated heterocycles. The number of hydrogen-bond donors (Lipinski definition) is 1. The molecular formula is C11H16N2O2S. The van der Waals surface area contributed by atoms with Gasteiger partial charge in [0, 0.05) is 18.9 Å². The molecule has 1 aromatic heterocycles. The summed E-state index contributed by atoms with van der Waals surface area (Å²) < 4.78 is 2.09. The Morgan fingerprint density at radius 2 is 2.44 bits per heavy atom. The van der Waals surface area contributed by atoms with Crippen LogP contribution in [0, 0.1) is 5.41 Å². The first kappa shape index (κ1) is 11.5. The molecule has 0 aliphatic heterocycles. The fraction of sp³-hybridized carbons (Fsp3) is 0.636. The van der Waals surface area contributed by atoms with Crippen molar-refractivity contribution in [3.63, 3.8) is 0 Å². The number of imidazole rings is 1. The first-order chi connectivity index (χ1) is 7.65. The van der Waals surface area contributed by atoms with Crippen LogP contribution in [0.25, 0.3) is 0 Å². The molecule has 1 saturated carbocycles. The maximum atomic E-state index is 10.5. The van der Waals surface area contributed by atoms with Gasteiger partial charge in [0.25, 0.3) is 0 Å². The Bertz CT molecular complexity index is 385. The van der Waals surface area contributed by atoms with Crippen molar-refractivity contribution in [1.29, 1.82) is 0 Å². The lowest BCUT2D eigenvalue weighted by atomic mass is 10.0. The quantitative estimate of drug-likeness (QED) is 0.775. The van der Waals surface area contributed by atoms with Crippen LogP contribution in [0.1, 0.15) is 26.2 Å². The van der Waals surface area contributed by atoms with Crippen LogP contribution < -0.4 is 0 Å². The van der Waals surface area contributed by atoms with Crippen LogP contribution in [-0.4, -0.2) is 26.4 Å². The van der Waals surface area contributed by atoms with Crippen molar-refractivity contribution in [2.45, 2.75) is 37.9 Å². The molecule has 1 fully saturated rings. The van der Waals surface area contributed by atoms with E-state index >= 15 is 0 Å². The molecule has 0 atom stereocenters. The fourth-order valence-corrected chi connectivity index (χ4v) is 2.52. The monoisotopic (exact) mass is 240 g/mol. The van der Waals surface area contributed by atoms with E-state index in [0.717, 1.165) is 11.7 Å². The van der Waals surface area contributed by atoms with E-state index in [-0.39, 0.29) is 5.75 Å². The topological polar surface area (TPSA) is 55.1 Å². The van der Waals surface area contributed by atoms with Crippen molar-refractivity contribution in [2.24, 2.45) is 5.41 Å². The highest BCUT2D eigenvalue weighted by Gasteiger charge is 2.41. The summed E-state index contributed by atoms with van der Waals surface area (Å²) >= 11 is 1.29. The first-order valence-electron chi connectivity index (χ1n) is 5.51. The van der Waals surface area contributed by atoms with Crippen LogP contribution in [0.5, 0.6) is 0 Å². The van der Waals surface area contributed by atoms with Gasteiger partial charge in [0.05, 0.1) is 5.75 Å². The van der Waals surface area contributed by atoms with E-state index in [1.807, 2.05) is 6.20 Å². The standard InChI is InChI=1S/C11H16N2O2S/c1-2-11(3-4-11)8-13-6-5-12-10(13)16-7-9(14)15/h5-6H,2-4,7-8H2,1H3,(H,14,15). The summed E-state index contributed by atoms with van der Waals surface area (Å²) in [5.41, 5.74) is 0.458. The predicted molar refractivity (Wildman–Crippen MR) is 62.5 cm³/mol. The van der Waals surface area contributed by atoms with Crippen LogP contribution in [-0.2, 0) is 11.3 Å². The van der Waals surface area contributed by atoms with Gasteiger partial charge >= 0.3 is 5.97 Å². The van der Waals surface area contributed by atoms with Crippen molar-refractivity contribution in [3.05, 3.63) is 12.4 Å². The van der Waals surface area contributed by atoms with Crippen molar-refractivity contribution >= 4 is 17.7 Å². The van der Waals surface area contributed by atoms with Crippen LogP contribution >= 0.6 is 11.8 Å². The number of thioether (sulfide) groups is 1. The van der Waals surface area contributed by atoms with Crippen LogP contribution in [0.3, 0.4) is 0 Å². The Morgan fingerprint density at radius 3 is 3.00 bits per heavy atom. The van der Waals surface area contributed by atoms with E-state index in [1.54, 1.807) is 6.20 Å². The molecule has 1 N–H and O–H groups in total. The molecule has 1 aliphatic carbocycles. The van der Waals surface area contributed by atoms with Gasteiger partial charge in [-0.25, -0.2) is 4.98 Å². The van der Waals surface area contributed by atoms with Gasteiger partial charge in [-0.15, -0.1) is 0 Å². The van der Waals surface area contributed by atoms with E-state index in [2.05, 4.69) is 16.5 Å². The highest BCUT2D eigenvalue weighted by Crippen LogP contribution is 2.50. The molecule has 16 heavy (non-hydrogen) atoms. The molecule has 88 valence electrons. The summed E-state index contributed by atoms with van der Waals surface area (Å²) in [6.07, 6.45) is 7.44. The van der Waals surface area contributed by atoms with Gasteiger partial charge in [-0.2, -0.15) is 0 Å². The third-order valence-electron chi connectivity index (χ3n) is 3.21. The lowest BCUT2D eigenvalue weighted by Gasteiger charge is -2.14. The largest absolute Gasteiger partial charge is 0.481 e. The van der Waals surface area contributed by atoms with Gasteiger partial charge in [0.2, 0.25) is 0 Å². The maximum Gasteiger partial charge on any atom is 0.313 e. The molecule has 0 bridgehead atoms. The van der Waals surface area contributed by atoms with E-state index in [9.17, 15) is 4.79 Å². The molecule has 1 aromatic rings. The second-order valence-electron chi connectivity index (χ2n) is 4.37. The van der Waals surface area contributed by atoms with Gasteiger partial charge in [0.1, 0.15) is 0 Å². The molecular weight excluding hydrogens is 224 g/mol. The summed E-state index contributed by atoms with van der Waals surface area (Å²) in [7, 11) is 0. The molecule has 0 unspecified atom stereocenters. The van der Waals surface area contributed by atoms with Crippen molar-refractivity contribution < 1.29 is 9.90 Å². The second-order valence-corrected chi connectivity index (χ2v) is 5.32. The lowest BCUT2D eigenvalue weighted by molar-refractivity contribution is -0.133. The number of nitrogens with zero attached hydrogens (tertiary/aromatic N) is 2. The molecule has 0 spiro atoms. The van der Waals surface area contributed by atoms with Crippen LogP contribution in [0.4, 0.5) is 0 Å². The van der Waals surface area contributed by atoms with E-state index in [0.29, 0.717) is 5.41 Å². The number of aliphatic carboxylic acids is 1. The predicted octanol–water partition coefficient (Wildman–Crippen LogP) is 2.25. The lowest BCUT2D eigenvalue weighted by Crippen LogP contribution is -2.11. The summed E-state index contributed by atoms with van der Waals surface area (Å²) in [5, 5.41) is 9.46. The first-order valence-corrected chi connectivity index (χ1v) is 6.49. The van der Waals surface area contributed by atoms with Gasteiger partial charge in [0.15, 0.2) is 5.16 Å². The Morgan fingerprint density at radius 1 is 1.69 bits per heavy atom. The van der Waals surface area contributed by atoms with E-state index in [1.165, 1.54) is 31.0 Å². The molecule has 5 heteroatoms. The van der Waals surface area contributed by atoms with Crippen molar-refractivity contribution in [2.75, 3.05) is 5.75 Å². The van der Waals surface area contributed by atoms with Gasteiger partial charge in [-0.1, -0.05) is 18.7 Å². The molecule has 4 nitrogen and oxygen atoms in total. The molecule has 0 amide bonds. The Labute approximate surface area is 99.1 Å². The number of carboxylic acid groups (broad SMARTS) is 1. The van der Waals surface area contributed by atoms with Crippen molar-refractivity contribution in [1.82, 2.24) is 9.55 Å². The van der Waals surface area contributed by atoms with Gasteiger partial charge < -0.3 is 9.67 Å². The zero-order valence-electron chi connectivity index (χ0n) is 9.35. The van der Waals surface area contributed by atoms with E-state index < -0.39 is 5.97 Å². The van der Waals surface area contributed by atoms with E-state index in [4.69, 9.17) is 5.11 Å². The Hall–Kier alpha value is -0.970. The number of aromatic nitrogens is 2. The molecule has 0 radical (unpaired) electrons. The average Bonchev–Trinajstić information content (AvgIpc) is 2.88. The minimum atomic E-state index is -0.795. The smallest absolute Gasteiger partial charge is 0.313 e. The average molecular weight is 240 g/mol. The van der Waals surface area contributed by atoms with Crippen molar-refractivity contribution in [3.8, 4) is 0 Å². The molecule has 0 aromatic carbocycles. The van der Waals surface area contributed by atoms with Crippen LogP contribution in [0.2, 0.25) is 0 Å². The number of hydrogen-bond acceptors (Lipinski definition) is 3. The highest BCUT2D eigenvalue weighted by molar-refractivity contribution is 7.99. The maximum absolute atomic E-state index is 10.5. The van der Waals surface area contributed by atoms with Gasteiger partial charge in [-0.3, -0.25) is 4.79 Å². The number of carboxylic acids is 1. The fourth-order valence-electron chi connectivity index (χ4n) is 1.84. The molecule has 1 heterocycles. The zero-order chi connectivity index (χ0) is 11.6. The normalized spacial score (nSPS) is 17.3. The highest BCUT2D eigenvalue weighted by atomic mass is 32.2.